The van der Waals surface area contributed by atoms with Crippen molar-refractivity contribution >= 4 is 5.97 Å². The van der Waals surface area contributed by atoms with E-state index in [1.807, 2.05) is 0 Å². The average Bonchev–Trinajstić information content (AvgIpc) is 2.76. The van der Waals surface area contributed by atoms with Crippen LogP contribution >= 0.6 is 0 Å². The lowest BCUT2D eigenvalue weighted by Crippen LogP contribution is -2.21. The molecule has 1 N–H and O–H groups in total. The molecule has 0 spiro atoms. The van der Waals surface area contributed by atoms with Crippen LogP contribution in [0.4, 0.5) is 0 Å². The summed E-state index contributed by atoms with van der Waals surface area (Å²) in [4.78, 5) is 11.0. The second kappa shape index (κ2) is 5.93. The first-order valence-corrected chi connectivity index (χ1v) is 6.70. The van der Waals surface area contributed by atoms with Crippen LogP contribution in [-0.4, -0.2) is 31.3 Å². The fraction of sp³-hybridized carbons (Fsp3) is 0.833. The van der Waals surface area contributed by atoms with E-state index >= 15 is 0 Å². The summed E-state index contributed by atoms with van der Waals surface area (Å²) >= 11 is 0. The zero-order chi connectivity index (χ0) is 13.0. The summed E-state index contributed by atoms with van der Waals surface area (Å²) in [6, 6.07) is -0.694. The number of rotatable bonds is 3. The van der Waals surface area contributed by atoms with Gasteiger partial charge in [-0.05, 0) is 30.2 Å². The highest BCUT2D eigenvalue weighted by atomic mass is 16.4. The third kappa shape index (κ3) is 2.86. The molecular weight excluding hydrogens is 232 g/mol. The number of nitrogens with zero attached hydrogens (tertiary/aromatic N) is 4. The van der Waals surface area contributed by atoms with Crippen molar-refractivity contribution in [3.63, 3.8) is 0 Å². The standard InChI is InChI=1S/C12H20N4O2/c1-9(12(17)18)16-11(13-14-15-16)10-7-5-3-2-4-6-8-10/h9-10H,2-8H2,1H3,(H,17,18). The maximum atomic E-state index is 11.0. The van der Waals surface area contributed by atoms with E-state index in [-0.39, 0.29) is 0 Å². The van der Waals surface area contributed by atoms with Crippen molar-refractivity contribution in [1.82, 2.24) is 20.2 Å². The molecule has 0 aromatic carbocycles. The van der Waals surface area contributed by atoms with Gasteiger partial charge in [0.05, 0.1) is 0 Å². The molecule has 6 nitrogen and oxygen atoms in total. The van der Waals surface area contributed by atoms with Crippen molar-refractivity contribution in [1.29, 1.82) is 0 Å². The zero-order valence-electron chi connectivity index (χ0n) is 10.7. The number of hydrogen-bond acceptors (Lipinski definition) is 4. The topological polar surface area (TPSA) is 80.9 Å². The van der Waals surface area contributed by atoms with Gasteiger partial charge in [-0.15, -0.1) is 5.10 Å². The van der Waals surface area contributed by atoms with Crippen LogP contribution in [-0.2, 0) is 4.79 Å². The van der Waals surface area contributed by atoms with Crippen molar-refractivity contribution in [2.75, 3.05) is 0 Å². The molecule has 1 unspecified atom stereocenters. The summed E-state index contributed by atoms with van der Waals surface area (Å²) in [6.07, 6.45) is 8.31. The van der Waals surface area contributed by atoms with Crippen molar-refractivity contribution in [2.24, 2.45) is 0 Å². The van der Waals surface area contributed by atoms with Crippen LogP contribution in [0.5, 0.6) is 0 Å². The summed E-state index contributed by atoms with van der Waals surface area (Å²) in [7, 11) is 0. The highest BCUT2D eigenvalue weighted by molar-refractivity contribution is 5.71. The first-order valence-electron chi connectivity index (χ1n) is 6.70. The molecule has 1 aromatic rings. The first kappa shape index (κ1) is 13.0. The Morgan fingerprint density at radius 2 is 1.89 bits per heavy atom. The molecule has 1 aromatic heterocycles. The Morgan fingerprint density at radius 1 is 1.28 bits per heavy atom. The minimum atomic E-state index is -0.894. The largest absolute Gasteiger partial charge is 0.480 e. The van der Waals surface area contributed by atoms with Crippen LogP contribution in [0, 0.1) is 0 Å². The summed E-state index contributed by atoms with van der Waals surface area (Å²) in [5.41, 5.74) is 0. The maximum absolute atomic E-state index is 11.0. The second-order valence-electron chi connectivity index (χ2n) is 5.04. The van der Waals surface area contributed by atoms with Gasteiger partial charge in [-0.25, -0.2) is 9.48 Å². The van der Waals surface area contributed by atoms with Gasteiger partial charge in [0.15, 0.2) is 5.82 Å². The first-order chi connectivity index (χ1) is 8.70. The molecule has 1 aliphatic rings. The van der Waals surface area contributed by atoms with E-state index in [4.69, 9.17) is 5.11 Å². The van der Waals surface area contributed by atoms with E-state index in [9.17, 15) is 4.79 Å². The maximum Gasteiger partial charge on any atom is 0.328 e. The molecule has 0 aliphatic heterocycles. The fourth-order valence-corrected chi connectivity index (χ4v) is 2.56. The van der Waals surface area contributed by atoms with E-state index in [0.717, 1.165) is 18.7 Å². The van der Waals surface area contributed by atoms with Crippen LogP contribution < -0.4 is 0 Å². The molecular formula is C12H20N4O2. The van der Waals surface area contributed by atoms with E-state index < -0.39 is 12.0 Å². The van der Waals surface area contributed by atoms with Gasteiger partial charge in [-0.2, -0.15) is 0 Å². The molecule has 100 valence electrons. The molecule has 0 radical (unpaired) electrons. The summed E-state index contributed by atoms with van der Waals surface area (Å²) in [5, 5.41) is 20.6. The molecule has 0 amide bonds. The predicted octanol–water partition coefficient (Wildman–Crippen LogP) is 2.15. The van der Waals surface area contributed by atoms with Crippen molar-refractivity contribution in [3.05, 3.63) is 5.82 Å². The van der Waals surface area contributed by atoms with Gasteiger partial charge in [0.2, 0.25) is 0 Å². The van der Waals surface area contributed by atoms with Gasteiger partial charge in [0.25, 0.3) is 0 Å². The van der Waals surface area contributed by atoms with Crippen molar-refractivity contribution in [2.45, 2.75) is 63.8 Å². The summed E-state index contributed by atoms with van der Waals surface area (Å²) in [5.74, 6) is 0.156. The molecule has 0 bridgehead atoms. The van der Waals surface area contributed by atoms with E-state index in [0.29, 0.717) is 5.92 Å². The predicted molar refractivity (Wildman–Crippen MR) is 65.2 cm³/mol. The minimum absolute atomic E-state index is 0.307. The average molecular weight is 252 g/mol. The van der Waals surface area contributed by atoms with Crippen LogP contribution in [0.25, 0.3) is 0 Å². The third-order valence-electron chi connectivity index (χ3n) is 3.71. The van der Waals surface area contributed by atoms with Gasteiger partial charge < -0.3 is 5.11 Å². The molecule has 18 heavy (non-hydrogen) atoms. The Morgan fingerprint density at radius 3 is 2.50 bits per heavy atom. The number of carboxylic acid groups (broad SMARTS) is 1. The monoisotopic (exact) mass is 252 g/mol. The number of hydrogen-bond donors (Lipinski definition) is 1. The Labute approximate surface area is 106 Å². The Kier molecular flexibility index (Phi) is 4.28. The SMILES string of the molecule is CC(C(=O)O)n1nnnc1C1CCCCCCC1. The minimum Gasteiger partial charge on any atom is -0.480 e. The molecule has 1 saturated carbocycles. The van der Waals surface area contributed by atoms with E-state index in [1.165, 1.54) is 36.8 Å². The molecule has 6 heteroatoms. The van der Waals surface area contributed by atoms with Gasteiger partial charge in [0, 0.05) is 5.92 Å². The van der Waals surface area contributed by atoms with Crippen LogP contribution in [0.3, 0.4) is 0 Å². The second-order valence-corrected chi connectivity index (χ2v) is 5.04. The Hall–Kier alpha value is -1.46. The molecule has 1 fully saturated rings. The van der Waals surface area contributed by atoms with Crippen molar-refractivity contribution in [3.8, 4) is 0 Å². The van der Waals surface area contributed by atoms with Gasteiger partial charge in [-0.3, -0.25) is 0 Å². The summed E-state index contributed by atoms with van der Waals surface area (Å²) < 4.78 is 1.47. The number of carboxylic acids is 1. The van der Waals surface area contributed by atoms with Crippen LogP contribution in [0.1, 0.15) is 69.7 Å². The normalized spacial score (nSPS) is 20.1. The van der Waals surface area contributed by atoms with Gasteiger partial charge in [0.1, 0.15) is 6.04 Å². The quantitative estimate of drug-likeness (QED) is 0.891. The van der Waals surface area contributed by atoms with E-state index in [2.05, 4.69) is 15.5 Å². The van der Waals surface area contributed by atoms with Crippen LogP contribution in [0.15, 0.2) is 0 Å². The lowest BCUT2D eigenvalue weighted by molar-refractivity contribution is -0.140. The number of tetrazole rings is 1. The van der Waals surface area contributed by atoms with Crippen molar-refractivity contribution < 1.29 is 9.90 Å². The third-order valence-corrected chi connectivity index (χ3v) is 3.71. The molecule has 1 aliphatic carbocycles. The highest BCUT2D eigenvalue weighted by Gasteiger charge is 2.25. The van der Waals surface area contributed by atoms with Gasteiger partial charge in [-0.1, -0.05) is 32.1 Å². The molecule has 1 atom stereocenters. The number of aromatic nitrogens is 4. The number of aliphatic carboxylic acids is 1. The lowest BCUT2D eigenvalue weighted by atomic mass is 9.90. The van der Waals surface area contributed by atoms with Crippen LogP contribution in [0.2, 0.25) is 0 Å². The Bertz CT molecular complexity index is 397. The van der Waals surface area contributed by atoms with Gasteiger partial charge >= 0.3 is 5.97 Å². The highest BCUT2D eigenvalue weighted by Crippen LogP contribution is 2.30. The lowest BCUT2D eigenvalue weighted by Gasteiger charge is -2.19. The zero-order valence-corrected chi connectivity index (χ0v) is 10.7. The molecule has 2 rings (SSSR count). The molecule has 0 saturated heterocycles. The smallest absolute Gasteiger partial charge is 0.328 e. The fourth-order valence-electron chi connectivity index (χ4n) is 2.56. The molecule has 1 heterocycles. The summed E-state index contributed by atoms with van der Waals surface area (Å²) in [6.45, 7) is 1.62. The number of carbonyl (C=O) groups is 1. The van der Waals surface area contributed by atoms with E-state index in [1.54, 1.807) is 6.92 Å². The Balaban J connectivity index is 2.16.